The van der Waals surface area contributed by atoms with Crippen molar-refractivity contribution in [3.63, 3.8) is 0 Å². The van der Waals surface area contributed by atoms with E-state index in [1.54, 1.807) is 30.1 Å². The maximum Gasteiger partial charge on any atom is 0.265 e. The average Bonchev–Trinajstić information content (AvgIpc) is 3.09. The molecule has 0 bridgehead atoms. The van der Waals surface area contributed by atoms with Crippen molar-refractivity contribution in [2.75, 3.05) is 13.7 Å². The van der Waals surface area contributed by atoms with Crippen molar-refractivity contribution in [2.24, 2.45) is 5.10 Å². The number of nitrogens with zero attached hydrogens (tertiary/aromatic N) is 6. The summed E-state index contributed by atoms with van der Waals surface area (Å²) in [5.41, 5.74) is 3.30. The van der Waals surface area contributed by atoms with Gasteiger partial charge in [-0.25, -0.2) is 15.0 Å². The van der Waals surface area contributed by atoms with Crippen LogP contribution in [0.3, 0.4) is 0 Å². The standard InChI is InChI=1S/C22H17ClN6O2/c1-31-10-9-28-13-24-20-18(22(28)30)19-21(27-17-8-3-2-7-16(17)26-19)29(20)25-12-14-5-4-6-15(23)11-14/h2-8,11-13H,9-10H2,1H3. The highest BCUT2D eigenvalue weighted by Crippen LogP contribution is 2.24. The van der Waals surface area contributed by atoms with Crippen LogP contribution >= 0.6 is 11.6 Å². The first-order chi connectivity index (χ1) is 15.2. The third-order valence-electron chi connectivity index (χ3n) is 4.92. The highest BCUT2D eigenvalue weighted by molar-refractivity contribution is 6.30. The van der Waals surface area contributed by atoms with Crippen LogP contribution in [0.2, 0.25) is 5.02 Å². The molecule has 5 rings (SSSR count). The summed E-state index contributed by atoms with van der Waals surface area (Å²) in [6.45, 7) is 0.783. The molecule has 0 aliphatic carbocycles. The zero-order valence-electron chi connectivity index (χ0n) is 16.6. The Balaban J connectivity index is 1.80. The predicted molar refractivity (Wildman–Crippen MR) is 121 cm³/mol. The van der Waals surface area contributed by atoms with Gasteiger partial charge in [-0.1, -0.05) is 35.9 Å². The fourth-order valence-electron chi connectivity index (χ4n) is 3.42. The van der Waals surface area contributed by atoms with E-state index in [1.165, 1.54) is 10.9 Å². The lowest BCUT2D eigenvalue weighted by atomic mass is 10.2. The molecule has 9 heteroatoms. The summed E-state index contributed by atoms with van der Waals surface area (Å²) < 4.78 is 8.16. The normalized spacial score (nSPS) is 11.9. The Labute approximate surface area is 181 Å². The summed E-state index contributed by atoms with van der Waals surface area (Å²) in [7, 11) is 1.59. The number of halogens is 1. The highest BCUT2D eigenvalue weighted by Gasteiger charge is 2.19. The summed E-state index contributed by atoms with van der Waals surface area (Å²) in [4.78, 5) is 27.2. The molecule has 8 nitrogen and oxygen atoms in total. The number of methoxy groups -OCH3 is 1. The van der Waals surface area contributed by atoms with Crippen molar-refractivity contribution in [1.29, 1.82) is 0 Å². The van der Waals surface area contributed by atoms with Crippen molar-refractivity contribution < 1.29 is 4.74 Å². The van der Waals surface area contributed by atoms with Crippen molar-refractivity contribution in [2.45, 2.75) is 6.54 Å². The van der Waals surface area contributed by atoms with Crippen LogP contribution in [0.5, 0.6) is 0 Å². The van der Waals surface area contributed by atoms with Gasteiger partial charge in [0.25, 0.3) is 5.56 Å². The summed E-state index contributed by atoms with van der Waals surface area (Å²) >= 11 is 6.08. The van der Waals surface area contributed by atoms with Gasteiger partial charge < -0.3 is 4.74 Å². The third kappa shape index (κ3) is 3.45. The number of hydrogen-bond acceptors (Lipinski definition) is 6. The van der Waals surface area contributed by atoms with E-state index in [0.29, 0.717) is 51.4 Å². The van der Waals surface area contributed by atoms with Crippen molar-refractivity contribution in [1.82, 2.24) is 24.2 Å². The number of para-hydroxylation sites is 2. The molecule has 0 fully saturated rings. The molecule has 0 unspecified atom stereocenters. The average molecular weight is 433 g/mol. The van der Waals surface area contributed by atoms with Crippen LogP contribution in [0.15, 0.2) is 64.8 Å². The highest BCUT2D eigenvalue weighted by atomic mass is 35.5. The first-order valence-corrected chi connectivity index (χ1v) is 9.99. The minimum atomic E-state index is -0.215. The smallest absolute Gasteiger partial charge is 0.265 e. The van der Waals surface area contributed by atoms with E-state index in [1.807, 2.05) is 36.4 Å². The molecule has 0 aliphatic heterocycles. The number of benzene rings is 2. The van der Waals surface area contributed by atoms with Gasteiger partial charge in [-0.05, 0) is 29.8 Å². The van der Waals surface area contributed by atoms with Gasteiger partial charge in [0.2, 0.25) is 0 Å². The lowest BCUT2D eigenvalue weighted by Gasteiger charge is -2.04. The monoisotopic (exact) mass is 432 g/mol. The molecule has 5 aromatic rings. The number of fused-ring (bicyclic) bond motifs is 4. The molecular formula is C22H17ClN6O2. The molecule has 2 aromatic carbocycles. The van der Waals surface area contributed by atoms with E-state index in [4.69, 9.17) is 26.3 Å². The maximum atomic E-state index is 13.2. The summed E-state index contributed by atoms with van der Waals surface area (Å²) in [6, 6.07) is 14.8. The SMILES string of the molecule is COCCn1cnc2c(c1=O)c1nc3ccccc3nc1n2N=Cc1cccc(Cl)c1. The molecule has 0 amide bonds. The Morgan fingerprint density at radius 1 is 1.10 bits per heavy atom. The van der Waals surface area contributed by atoms with Crippen molar-refractivity contribution in [3.05, 3.63) is 75.8 Å². The fourth-order valence-corrected chi connectivity index (χ4v) is 3.62. The Kier molecular flexibility index (Phi) is 4.93. The number of rotatable bonds is 5. The van der Waals surface area contributed by atoms with Crippen molar-refractivity contribution >= 4 is 51.0 Å². The second kappa shape index (κ2) is 7.90. The van der Waals surface area contributed by atoms with Crippen LogP contribution in [-0.2, 0) is 11.3 Å². The van der Waals surface area contributed by atoms with Crippen LogP contribution < -0.4 is 5.56 Å². The van der Waals surface area contributed by atoms with E-state index in [2.05, 4.69) is 10.1 Å². The van der Waals surface area contributed by atoms with E-state index in [0.717, 1.165) is 5.56 Å². The van der Waals surface area contributed by atoms with E-state index < -0.39 is 0 Å². The van der Waals surface area contributed by atoms with Crippen LogP contribution in [0.25, 0.3) is 33.2 Å². The molecule has 31 heavy (non-hydrogen) atoms. The number of ether oxygens (including phenoxy) is 1. The maximum absolute atomic E-state index is 13.2. The minimum absolute atomic E-state index is 0.215. The number of aromatic nitrogens is 5. The van der Waals surface area contributed by atoms with Gasteiger partial charge in [-0.2, -0.15) is 9.78 Å². The Morgan fingerprint density at radius 2 is 1.90 bits per heavy atom. The van der Waals surface area contributed by atoms with Crippen LogP contribution in [0, 0.1) is 0 Å². The van der Waals surface area contributed by atoms with Gasteiger partial charge in [0.05, 0.1) is 30.4 Å². The second-order valence-corrected chi connectivity index (χ2v) is 7.37. The predicted octanol–water partition coefficient (Wildman–Crippen LogP) is 3.48. The molecule has 0 radical (unpaired) electrons. The van der Waals surface area contributed by atoms with Gasteiger partial charge in [0, 0.05) is 12.1 Å². The lowest BCUT2D eigenvalue weighted by Crippen LogP contribution is -2.22. The molecule has 3 aromatic heterocycles. The molecule has 0 aliphatic rings. The second-order valence-electron chi connectivity index (χ2n) is 6.93. The van der Waals surface area contributed by atoms with E-state index >= 15 is 0 Å². The van der Waals surface area contributed by atoms with Gasteiger partial charge >= 0.3 is 0 Å². The first kappa shape index (κ1) is 19.3. The zero-order valence-corrected chi connectivity index (χ0v) is 17.3. The quantitative estimate of drug-likeness (QED) is 0.397. The van der Waals surface area contributed by atoms with E-state index in [9.17, 15) is 4.79 Å². The fraction of sp³-hybridized carbons (Fsp3) is 0.136. The van der Waals surface area contributed by atoms with Crippen LogP contribution in [0.4, 0.5) is 0 Å². The molecule has 0 saturated heterocycles. The van der Waals surface area contributed by atoms with Crippen LogP contribution in [0.1, 0.15) is 5.56 Å². The summed E-state index contributed by atoms with van der Waals surface area (Å²) in [6.07, 6.45) is 3.15. The Bertz CT molecular complexity index is 1520. The van der Waals surface area contributed by atoms with E-state index in [-0.39, 0.29) is 5.56 Å². The van der Waals surface area contributed by atoms with Crippen molar-refractivity contribution in [3.8, 4) is 0 Å². The molecule has 154 valence electrons. The Morgan fingerprint density at radius 3 is 2.68 bits per heavy atom. The first-order valence-electron chi connectivity index (χ1n) is 9.61. The minimum Gasteiger partial charge on any atom is -0.383 e. The molecular weight excluding hydrogens is 416 g/mol. The number of hydrogen-bond donors (Lipinski definition) is 0. The molecule has 0 saturated carbocycles. The zero-order chi connectivity index (χ0) is 21.4. The van der Waals surface area contributed by atoms with Gasteiger partial charge in [0.1, 0.15) is 17.2 Å². The molecule has 3 heterocycles. The molecule has 0 spiro atoms. The molecule has 0 N–H and O–H groups in total. The van der Waals surface area contributed by atoms with Gasteiger partial charge in [-0.3, -0.25) is 9.36 Å². The van der Waals surface area contributed by atoms with Crippen LogP contribution in [-0.4, -0.2) is 44.1 Å². The third-order valence-corrected chi connectivity index (χ3v) is 5.15. The Hall–Kier alpha value is -3.62. The van der Waals surface area contributed by atoms with Gasteiger partial charge in [0.15, 0.2) is 11.3 Å². The molecule has 0 atom stereocenters. The summed E-state index contributed by atoms with van der Waals surface area (Å²) in [5.74, 6) is 0. The largest absolute Gasteiger partial charge is 0.383 e. The van der Waals surface area contributed by atoms with Gasteiger partial charge in [-0.15, -0.1) is 0 Å². The summed E-state index contributed by atoms with van der Waals surface area (Å²) in [5, 5.41) is 5.55. The topological polar surface area (TPSA) is 87.2 Å². The lowest BCUT2D eigenvalue weighted by molar-refractivity contribution is 0.186.